The molecule has 0 aliphatic heterocycles. The van der Waals surface area contributed by atoms with Crippen molar-refractivity contribution in [3.05, 3.63) is 39.8 Å². The molecular weight excluding hydrogens is 284 g/mol. The summed E-state index contributed by atoms with van der Waals surface area (Å²) in [5, 5.41) is 10.8. The molecule has 0 fully saturated rings. The fourth-order valence-corrected chi connectivity index (χ4v) is 3.11. The molecule has 0 aliphatic carbocycles. The first kappa shape index (κ1) is 15.9. The fourth-order valence-electron chi connectivity index (χ4n) is 2.10. The Morgan fingerprint density at radius 3 is 2.90 bits per heavy atom. The molecular formula is C15H22N4OS. The van der Waals surface area contributed by atoms with Crippen molar-refractivity contribution in [3.63, 3.8) is 0 Å². The lowest BCUT2D eigenvalue weighted by Gasteiger charge is -2.11. The predicted octanol–water partition coefficient (Wildman–Crippen LogP) is 2.55. The van der Waals surface area contributed by atoms with Gasteiger partial charge in [0.2, 0.25) is 0 Å². The molecule has 1 aromatic heterocycles. The molecule has 0 unspecified atom stereocenters. The van der Waals surface area contributed by atoms with E-state index in [1.165, 1.54) is 22.9 Å². The second kappa shape index (κ2) is 7.47. The van der Waals surface area contributed by atoms with Gasteiger partial charge in [0.05, 0.1) is 0 Å². The minimum atomic E-state index is -0.155. The molecule has 2 aromatic rings. The van der Waals surface area contributed by atoms with Gasteiger partial charge in [-0.2, -0.15) is 0 Å². The van der Waals surface area contributed by atoms with Crippen LogP contribution in [0.2, 0.25) is 0 Å². The van der Waals surface area contributed by atoms with Crippen LogP contribution in [0.1, 0.15) is 31.4 Å². The lowest BCUT2D eigenvalue weighted by atomic mass is 10.1. The van der Waals surface area contributed by atoms with Crippen molar-refractivity contribution in [2.24, 2.45) is 0 Å². The number of hydrogen-bond acceptors (Lipinski definition) is 4. The Kier molecular flexibility index (Phi) is 5.64. The monoisotopic (exact) mass is 306 g/mol. The van der Waals surface area contributed by atoms with Gasteiger partial charge in [0, 0.05) is 18.0 Å². The van der Waals surface area contributed by atoms with Gasteiger partial charge >= 0.3 is 5.69 Å². The first-order valence-electron chi connectivity index (χ1n) is 7.29. The number of hydrogen-bond donors (Lipinski definition) is 2. The largest absolute Gasteiger partial charge is 0.343 e. The van der Waals surface area contributed by atoms with Crippen LogP contribution >= 0.6 is 11.8 Å². The van der Waals surface area contributed by atoms with Crippen molar-refractivity contribution in [2.75, 3.05) is 6.54 Å². The van der Waals surface area contributed by atoms with E-state index < -0.39 is 0 Å². The number of aromatic nitrogens is 3. The smallest absolute Gasteiger partial charge is 0.313 e. The van der Waals surface area contributed by atoms with Gasteiger partial charge in [-0.1, -0.05) is 24.6 Å². The van der Waals surface area contributed by atoms with Gasteiger partial charge < -0.3 is 5.32 Å². The first-order chi connectivity index (χ1) is 10.2. The Balaban J connectivity index is 2.24. The number of rotatable bonds is 7. The van der Waals surface area contributed by atoms with E-state index in [4.69, 9.17) is 0 Å². The molecule has 5 nitrogen and oxygen atoms in total. The van der Waals surface area contributed by atoms with Gasteiger partial charge in [0.15, 0.2) is 5.16 Å². The van der Waals surface area contributed by atoms with E-state index in [0.29, 0.717) is 11.7 Å². The fraction of sp³-hybridized carbons (Fsp3) is 0.467. The second-order valence-corrected chi connectivity index (χ2v) is 5.95. The molecule has 0 spiro atoms. The first-order valence-corrected chi connectivity index (χ1v) is 8.10. The standard InChI is InChI=1S/C15H22N4OS/c1-4-8-16-10-12-9-11(3)6-7-13(12)21-15-18-17-14(20)19(15)5-2/h6-7,9,16H,4-5,8,10H2,1-3H3,(H,17,20). The van der Waals surface area contributed by atoms with Gasteiger partial charge in [-0.25, -0.2) is 9.89 Å². The zero-order valence-corrected chi connectivity index (χ0v) is 13.6. The summed E-state index contributed by atoms with van der Waals surface area (Å²) in [6.07, 6.45) is 1.11. The summed E-state index contributed by atoms with van der Waals surface area (Å²) < 4.78 is 1.65. The van der Waals surface area contributed by atoms with E-state index in [-0.39, 0.29) is 5.69 Å². The number of nitrogens with zero attached hydrogens (tertiary/aromatic N) is 2. The van der Waals surface area contributed by atoms with Crippen molar-refractivity contribution in [2.45, 2.75) is 50.3 Å². The van der Waals surface area contributed by atoms with Gasteiger partial charge in [-0.3, -0.25) is 4.57 Å². The molecule has 1 aromatic carbocycles. The molecule has 21 heavy (non-hydrogen) atoms. The van der Waals surface area contributed by atoms with E-state index >= 15 is 0 Å². The van der Waals surface area contributed by atoms with E-state index in [9.17, 15) is 4.79 Å². The van der Waals surface area contributed by atoms with Crippen LogP contribution in [0.15, 0.2) is 33.0 Å². The predicted molar refractivity (Wildman–Crippen MR) is 85.8 cm³/mol. The van der Waals surface area contributed by atoms with Gasteiger partial charge in [-0.05, 0) is 50.2 Å². The molecule has 2 N–H and O–H groups in total. The van der Waals surface area contributed by atoms with Gasteiger partial charge in [0.1, 0.15) is 0 Å². The highest BCUT2D eigenvalue weighted by molar-refractivity contribution is 7.99. The van der Waals surface area contributed by atoms with Crippen molar-refractivity contribution in [1.82, 2.24) is 20.1 Å². The number of nitrogens with one attached hydrogen (secondary N) is 2. The molecule has 114 valence electrons. The van der Waals surface area contributed by atoms with E-state index in [0.717, 1.165) is 24.4 Å². The molecule has 0 amide bonds. The van der Waals surface area contributed by atoms with Gasteiger partial charge in [-0.15, -0.1) is 5.10 Å². The van der Waals surface area contributed by atoms with Crippen LogP contribution in [0.25, 0.3) is 0 Å². The molecule has 0 bridgehead atoms. The van der Waals surface area contributed by atoms with Crippen LogP contribution in [0, 0.1) is 6.92 Å². The Labute approximate surface area is 129 Å². The molecule has 0 radical (unpaired) electrons. The van der Waals surface area contributed by atoms with E-state index in [2.05, 4.69) is 47.6 Å². The van der Waals surface area contributed by atoms with Crippen LogP contribution < -0.4 is 11.0 Å². The van der Waals surface area contributed by atoms with Crippen LogP contribution in [-0.4, -0.2) is 21.3 Å². The average molecular weight is 306 g/mol. The Bertz CT molecular complexity index is 647. The highest BCUT2D eigenvalue weighted by atomic mass is 32.2. The zero-order valence-electron chi connectivity index (χ0n) is 12.8. The summed E-state index contributed by atoms with van der Waals surface area (Å²) in [7, 11) is 0. The summed E-state index contributed by atoms with van der Waals surface area (Å²) in [5.74, 6) is 0. The maximum atomic E-state index is 11.6. The highest BCUT2D eigenvalue weighted by Gasteiger charge is 2.11. The minimum absolute atomic E-state index is 0.155. The normalized spacial score (nSPS) is 11.0. The highest BCUT2D eigenvalue weighted by Crippen LogP contribution is 2.29. The lowest BCUT2D eigenvalue weighted by molar-refractivity contribution is 0.657. The number of aromatic amines is 1. The maximum absolute atomic E-state index is 11.6. The number of benzene rings is 1. The third-order valence-corrected chi connectivity index (χ3v) is 4.31. The minimum Gasteiger partial charge on any atom is -0.313 e. The molecule has 1 heterocycles. The third kappa shape index (κ3) is 3.98. The Morgan fingerprint density at radius 2 is 2.19 bits per heavy atom. The van der Waals surface area contributed by atoms with Crippen LogP contribution in [-0.2, 0) is 13.1 Å². The summed E-state index contributed by atoms with van der Waals surface area (Å²) in [4.78, 5) is 12.8. The molecule has 0 saturated heterocycles. The molecule has 2 rings (SSSR count). The number of aryl methyl sites for hydroxylation is 1. The van der Waals surface area contributed by atoms with Crippen LogP contribution in [0.4, 0.5) is 0 Å². The lowest BCUT2D eigenvalue weighted by Crippen LogP contribution is -2.16. The van der Waals surface area contributed by atoms with Crippen molar-refractivity contribution in [3.8, 4) is 0 Å². The average Bonchev–Trinajstić information content (AvgIpc) is 2.82. The second-order valence-electron chi connectivity index (χ2n) is 4.95. The third-order valence-electron chi connectivity index (χ3n) is 3.20. The van der Waals surface area contributed by atoms with Crippen molar-refractivity contribution in [1.29, 1.82) is 0 Å². The molecule has 6 heteroatoms. The van der Waals surface area contributed by atoms with E-state index in [1.807, 2.05) is 6.92 Å². The maximum Gasteiger partial charge on any atom is 0.343 e. The van der Waals surface area contributed by atoms with Gasteiger partial charge in [0.25, 0.3) is 0 Å². The summed E-state index contributed by atoms with van der Waals surface area (Å²) in [6.45, 7) is 8.64. The topological polar surface area (TPSA) is 62.7 Å². The van der Waals surface area contributed by atoms with Crippen molar-refractivity contribution < 1.29 is 0 Å². The molecule has 0 aliphatic rings. The van der Waals surface area contributed by atoms with E-state index in [1.54, 1.807) is 4.57 Å². The Morgan fingerprint density at radius 1 is 1.38 bits per heavy atom. The zero-order chi connectivity index (χ0) is 15.2. The van der Waals surface area contributed by atoms with Crippen LogP contribution in [0.5, 0.6) is 0 Å². The number of H-pyrrole nitrogens is 1. The summed E-state index contributed by atoms with van der Waals surface area (Å²) in [5.41, 5.74) is 2.33. The summed E-state index contributed by atoms with van der Waals surface area (Å²) >= 11 is 1.53. The molecule has 0 saturated carbocycles. The Hall–Kier alpha value is -1.53. The quantitative estimate of drug-likeness (QED) is 0.772. The molecule has 0 atom stereocenters. The SMILES string of the molecule is CCCNCc1cc(C)ccc1Sc1n[nH]c(=O)n1CC. The van der Waals surface area contributed by atoms with Crippen LogP contribution in [0.3, 0.4) is 0 Å². The summed E-state index contributed by atoms with van der Waals surface area (Å²) in [6, 6.07) is 6.38. The van der Waals surface area contributed by atoms with Crippen molar-refractivity contribution >= 4 is 11.8 Å².